The standard InChI is InChI=1S/C14H14ClFN2/c1-2-12(10-6-3-4-7-11(10)16)17-14-9-5-8-13(15)18-14/h3-9,12H,2H2,1H3,(H,17,18). The summed E-state index contributed by atoms with van der Waals surface area (Å²) < 4.78 is 13.7. The van der Waals surface area contributed by atoms with Crippen LogP contribution in [-0.2, 0) is 0 Å². The first-order chi connectivity index (χ1) is 8.70. The van der Waals surface area contributed by atoms with Gasteiger partial charge in [0.1, 0.15) is 16.8 Å². The van der Waals surface area contributed by atoms with Crippen molar-refractivity contribution < 1.29 is 4.39 Å². The number of hydrogen-bond acceptors (Lipinski definition) is 2. The second kappa shape index (κ2) is 5.83. The Labute approximate surface area is 111 Å². The highest BCUT2D eigenvalue weighted by atomic mass is 35.5. The minimum absolute atomic E-state index is 0.114. The van der Waals surface area contributed by atoms with Crippen LogP contribution in [-0.4, -0.2) is 4.98 Å². The van der Waals surface area contributed by atoms with Crippen molar-refractivity contribution in [3.63, 3.8) is 0 Å². The number of benzene rings is 1. The maximum Gasteiger partial charge on any atom is 0.131 e. The fourth-order valence-electron chi connectivity index (χ4n) is 1.82. The molecule has 1 aromatic carbocycles. The van der Waals surface area contributed by atoms with Crippen LogP contribution in [0, 0.1) is 5.82 Å². The Morgan fingerprint density at radius 3 is 2.67 bits per heavy atom. The average molecular weight is 265 g/mol. The summed E-state index contributed by atoms with van der Waals surface area (Å²) >= 11 is 5.82. The minimum atomic E-state index is -0.209. The summed E-state index contributed by atoms with van der Waals surface area (Å²) in [5.74, 6) is 0.441. The minimum Gasteiger partial charge on any atom is -0.363 e. The van der Waals surface area contributed by atoms with E-state index in [2.05, 4.69) is 10.3 Å². The van der Waals surface area contributed by atoms with E-state index in [0.29, 0.717) is 16.5 Å². The SMILES string of the molecule is CCC(Nc1cccc(Cl)n1)c1ccccc1F. The second-order valence-electron chi connectivity index (χ2n) is 3.97. The molecule has 0 aliphatic carbocycles. The van der Waals surface area contributed by atoms with E-state index in [1.807, 2.05) is 25.1 Å². The molecular formula is C14H14ClFN2. The van der Waals surface area contributed by atoms with Gasteiger partial charge in [-0.15, -0.1) is 0 Å². The Morgan fingerprint density at radius 1 is 1.22 bits per heavy atom. The second-order valence-corrected chi connectivity index (χ2v) is 4.36. The zero-order valence-corrected chi connectivity index (χ0v) is 10.8. The van der Waals surface area contributed by atoms with Crippen LogP contribution in [0.3, 0.4) is 0 Å². The quantitative estimate of drug-likeness (QED) is 0.826. The van der Waals surface area contributed by atoms with Gasteiger partial charge in [0.15, 0.2) is 0 Å². The molecule has 0 radical (unpaired) electrons. The molecule has 2 aromatic rings. The van der Waals surface area contributed by atoms with Crippen LogP contribution in [0.15, 0.2) is 42.5 Å². The zero-order valence-electron chi connectivity index (χ0n) is 10.0. The topological polar surface area (TPSA) is 24.9 Å². The van der Waals surface area contributed by atoms with Crippen LogP contribution >= 0.6 is 11.6 Å². The number of anilines is 1. The van der Waals surface area contributed by atoms with E-state index < -0.39 is 0 Å². The van der Waals surface area contributed by atoms with Gasteiger partial charge in [0, 0.05) is 5.56 Å². The molecule has 0 aliphatic rings. The maximum absolute atomic E-state index is 13.7. The van der Waals surface area contributed by atoms with E-state index in [0.717, 1.165) is 6.42 Å². The van der Waals surface area contributed by atoms with Gasteiger partial charge in [-0.1, -0.05) is 42.8 Å². The first-order valence-electron chi connectivity index (χ1n) is 5.84. The van der Waals surface area contributed by atoms with Crippen LogP contribution in [0.25, 0.3) is 0 Å². The predicted molar refractivity (Wildman–Crippen MR) is 72.3 cm³/mol. The fraction of sp³-hybridized carbons (Fsp3) is 0.214. The zero-order chi connectivity index (χ0) is 13.0. The van der Waals surface area contributed by atoms with Crippen molar-refractivity contribution in [2.45, 2.75) is 19.4 Å². The number of rotatable bonds is 4. The Kier molecular flexibility index (Phi) is 4.15. The maximum atomic E-state index is 13.7. The van der Waals surface area contributed by atoms with Crippen molar-refractivity contribution in [3.05, 3.63) is 59.0 Å². The Hall–Kier alpha value is -1.61. The van der Waals surface area contributed by atoms with E-state index in [1.54, 1.807) is 18.2 Å². The van der Waals surface area contributed by atoms with Crippen LogP contribution in [0.2, 0.25) is 5.15 Å². The molecule has 0 bridgehead atoms. The van der Waals surface area contributed by atoms with Crippen molar-refractivity contribution in [1.29, 1.82) is 0 Å². The van der Waals surface area contributed by atoms with Gasteiger partial charge >= 0.3 is 0 Å². The molecule has 18 heavy (non-hydrogen) atoms. The molecule has 4 heteroatoms. The van der Waals surface area contributed by atoms with E-state index in [1.165, 1.54) is 6.07 Å². The Balaban J connectivity index is 2.23. The summed E-state index contributed by atoms with van der Waals surface area (Å²) in [5.41, 5.74) is 0.641. The molecule has 0 spiro atoms. The third-order valence-corrected chi connectivity index (χ3v) is 2.94. The van der Waals surface area contributed by atoms with Gasteiger partial charge in [-0.2, -0.15) is 0 Å². The van der Waals surface area contributed by atoms with E-state index in [4.69, 9.17) is 11.6 Å². The lowest BCUT2D eigenvalue weighted by Gasteiger charge is -2.18. The Morgan fingerprint density at radius 2 is 2.00 bits per heavy atom. The van der Waals surface area contributed by atoms with Gasteiger partial charge in [0.2, 0.25) is 0 Å². The van der Waals surface area contributed by atoms with Crippen LogP contribution in [0.4, 0.5) is 10.2 Å². The first kappa shape index (κ1) is 12.8. The number of halogens is 2. The molecule has 1 unspecified atom stereocenters. The van der Waals surface area contributed by atoms with Crippen molar-refractivity contribution in [2.75, 3.05) is 5.32 Å². The molecule has 1 atom stereocenters. The molecule has 0 saturated carbocycles. The van der Waals surface area contributed by atoms with Gasteiger partial charge in [-0.3, -0.25) is 0 Å². The fourth-order valence-corrected chi connectivity index (χ4v) is 1.99. The number of nitrogens with zero attached hydrogens (tertiary/aromatic N) is 1. The summed E-state index contributed by atoms with van der Waals surface area (Å²) in [5, 5.41) is 3.61. The number of aromatic nitrogens is 1. The van der Waals surface area contributed by atoms with Crippen LogP contribution in [0.5, 0.6) is 0 Å². The van der Waals surface area contributed by atoms with Crippen molar-refractivity contribution in [3.8, 4) is 0 Å². The summed E-state index contributed by atoms with van der Waals surface area (Å²) in [7, 11) is 0. The van der Waals surface area contributed by atoms with E-state index >= 15 is 0 Å². The Bertz CT molecular complexity index is 531. The summed E-state index contributed by atoms with van der Waals surface area (Å²) in [6, 6.07) is 12.0. The van der Waals surface area contributed by atoms with Gasteiger partial charge in [-0.25, -0.2) is 9.37 Å². The lowest BCUT2D eigenvalue weighted by Crippen LogP contribution is -2.12. The van der Waals surface area contributed by atoms with Crippen LogP contribution < -0.4 is 5.32 Å². The molecule has 0 amide bonds. The normalized spacial score (nSPS) is 12.2. The highest BCUT2D eigenvalue weighted by Crippen LogP contribution is 2.24. The largest absolute Gasteiger partial charge is 0.363 e. The molecular weight excluding hydrogens is 251 g/mol. The lowest BCUT2D eigenvalue weighted by atomic mass is 10.0. The molecule has 94 valence electrons. The highest BCUT2D eigenvalue weighted by molar-refractivity contribution is 6.29. The van der Waals surface area contributed by atoms with Crippen molar-refractivity contribution in [2.24, 2.45) is 0 Å². The van der Waals surface area contributed by atoms with Gasteiger partial charge in [0.25, 0.3) is 0 Å². The number of nitrogens with one attached hydrogen (secondary N) is 1. The highest BCUT2D eigenvalue weighted by Gasteiger charge is 2.13. The molecule has 0 fully saturated rings. The molecule has 0 aliphatic heterocycles. The van der Waals surface area contributed by atoms with Crippen molar-refractivity contribution in [1.82, 2.24) is 4.98 Å². The molecule has 1 aromatic heterocycles. The molecule has 2 rings (SSSR count). The average Bonchev–Trinajstić information content (AvgIpc) is 2.37. The monoisotopic (exact) mass is 264 g/mol. The van der Waals surface area contributed by atoms with E-state index in [9.17, 15) is 4.39 Å². The van der Waals surface area contributed by atoms with Gasteiger partial charge in [0.05, 0.1) is 6.04 Å². The summed E-state index contributed by atoms with van der Waals surface area (Å²) in [6.45, 7) is 1.99. The van der Waals surface area contributed by atoms with Gasteiger partial charge < -0.3 is 5.32 Å². The number of hydrogen-bond donors (Lipinski definition) is 1. The first-order valence-corrected chi connectivity index (χ1v) is 6.22. The summed E-state index contributed by atoms with van der Waals surface area (Å²) in [6.07, 6.45) is 0.759. The molecule has 2 nitrogen and oxygen atoms in total. The van der Waals surface area contributed by atoms with E-state index in [-0.39, 0.29) is 11.9 Å². The third-order valence-electron chi connectivity index (χ3n) is 2.73. The smallest absolute Gasteiger partial charge is 0.131 e. The lowest BCUT2D eigenvalue weighted by molar-refractivity contribution is 0.587. The molecule has 0 saturated heterocycles. The third kappa shape index (κ3) is 2.99. The van der Waals surface area contributed by atoms with Crippen molar-refractivity contribution >= 4 is 17.4 Å². The molecule has 1 N–H and O–H groups in total. The van der Waals surface area contributed by atoms with Crippen LogP contribution in [0.1, 0.15) is 24.9 Å². The van der Waals surface area contributed by atoms with Gasteiger partial charge in [-0.05, 0) is 24.6 Å². The molecule has 1 heterocycles. The summed E-state index contributed by atoms with van der Waals surface area (Å²) in [4.78, 5) is 4.15. The number of pyridine rings is 1. The predicted octanol–water partition coefficient (Wildman–Crippen LogP) is 4.44.